The number of hydrogen-bond donors (Lipinski definition) is 2. The molecule has 1 fully saturated rings. The fourth-order valence-electron chi connectivity index (χ4n) is 3.42. The van der Waals surface area contributed by atoms with Crippen molar-refractivity contribution in [2.24, 2.45) is 5.73 Å². The summed E-state index contributed by atoms with van der Waals surface area (Å²) in [5.74, 6) is -0.0992. The van der Waals surface area contributed by atoms with Gasteiger partial charge in [-0.25, -0.2) is 4.79 Å². The summed E-state index contributed by atoms with van der Waals surface area (Å²) in [5.41, 5.74) is 5.52. The van der Waals surface area contributed by atoms with Crippen molar-refractivity contribution < 1.29 is 9.53 Å². The maximum Gasteiger partial charge on any atom is 0.328 e. The van der Waals surface area contributed by atoms with Crippen LogP contribution in [0.3, 0.4) is 0 Å². The van der Waals surface area contributed by atoms with E-state index >= 15 is 0 Å². The van der Waals surface area contributed by atoms with Crippen LogP contribution in [0.4, 0.5) is 0 Å². The SMILES string of the molecule is CCn1c(=O)[nH]c2cc(C(=O)N3CCC(OCCCN)CC3)ccc2c1=O.Cl. The number of amides is 1. The lowest BCUT2D eigenvalue weighted by Gasteiger charge is -2.32. The Morgan fingerprint density at radius 1 is 1.29 bits per heavy atom. The largest absolute Gasteiger partial charge is 0.378 e. The van der Waals surface area contributed by atoms with Crippen molar-refractivity contribution >= 4 is 29.2 Å². The zero-order chi connectivity index (χ0) is 19.4. The van der Waals surface area contributed by atoms with Crippen molar-refractivity contribution in [3.63, 3.8) is 0 Å². The monoisotopic (exact) mass is 410 g/mol. The van der Waals surface area contributed by atoms with Gasteiger partial charge in [-0.05, 0) is 50.9 Å². The second-order valence-electron chi connectivity index (χ2n) is 6.74. The molecule has 3 N–H and O–H groups in total. The maximum absolute atomic E-state index is 12.8. The van der Waals surface area contributed by atoms with Gasteiger partial charge in [-0.1, -0.05) is 0 Å². The predicted octanol–water partition coefficient (Wildman–Crippen LogP) is 1.10. The normalized spacial score (nSPS) is 14.9. The highest BCUT2D eigenvalue weighted by molar-refractivity contribution is 5.97. The second kappa shape index (κ2) is 9.86. The van der Waals surface area contributed by atoms with Crippen LogP contribution in [0.5, 0.6) is 0 Å². The first-order valence-corrected chi connectivity index (χ1v) is 9.43. The van der Waals surface area contributed by atoms with Crippen molar-refractivity contribution in [3.05, 3.63) is 44.6 Å². The van der Waals surface area contributed by atoms with E-state index in [4.69, 9.17) is 10.5 Å². The zero-order valence-electron chi connectivity index (χ0n) is 16.0. The average molecular weight is 411 g/mol. The number of nitrogens with zero attached hydrogens (tertiary/aromatic N) is 2. The van der Waals surface area contributed by atoms with Gasteiger partial charge in [0, 0.05) is 31.8 Å². The molecule has 2 heterocycles. The van der Waals surface area contributed by atoms with Crippen molar-refractivity contribution in [3.8, 4) is 0 Å². The highest BCUT2D eigenvalue weighted by Gasteiger charge is 2.24. The smallest absolute Gasteiger partial charge is 0.328 e. The standard InChI is InChI=1S/C19H26N4O4.ClH/c1-2-23-18(25)15-5-4-13(12-16(15)21-19(23)26)17(24)22-9-6-14(7-10-22)27-11-3-8-20;/h4-5,12,14H,2-3,6-11,20H2,1H3,(H,21,26);1H. The van der Waals surface area contributed by atoms with Crippen LogP contribution in [-0.4, -0.2) is 52.7 Å². The minimum Gasteiger partial charge on any atom is -0.378 e. The summed E-state index contributed by atoms with van der Waals surface area (Å²) < 4.78 is 6.91. The molecule has 9 heteroatoms. The van der Waals surface area contributed by atoms with Gasteiger partial charge < -0.3 is 20.4 Å². The molecule has 1 aromatic heterocycles. The number of halogens is 1. The molecule has 28 heavy (non-hydrogen) atoms. The summed E-state index contributed by atoms with van der Waals surface area (Å²) >= 11 is 0. The number of aromatic nitrogens is 2. The summed E-state index contributed by atoms with van der Waals surface area (Å²) in [6, 6.07) is 4.84. The fourth-order valence-corrected chi connectivity index (χ4v) is 3.42. The van der Waals surface area contributed by atoms with Crippen molar-refractivity contribution in [1.82, 2.24) is 14.5 Å². The Kier molecular flexibility index (Phi) is 7.79. The van der Waals surface area contributed by atoms with Gasteiger partial charge in [0.1, 0.15) is 0 Å². The number of ether oxygens (including phenoxy) is 1. The number of likely N-dealkylation sites (tertiary alicyclic amines) is 1. The minimum atomic E-state index is -0.463. The Balaban J connectivity index is 0.00000280. The number of piperidine rings is 1. The lowest BCUT2D eigenvalue weighted by molar-refractivity contribution is 0.00845. The number of hydrogen-bond acceptors (Lipinski definition) is 5. The average Bonchev–Trinajstić information content (AvgIpc) is 2.68. The second-order valence-corrected chi connectivity index (χ2v) is 6.74. The molecule has 0 spiro atoms. The Morgan fingerprint density at radius 2 is 2.00 bits per heavy atom. The van der Waals surface area contributed by atoms with Gasteiger partial charge in [-0.15, -0.1) is 12.4 Å². The van der Waals surface area contributed by atoms with E-state index in [1.807, 2.05) is 0 Å². The number of benzene rings is 1. The summed E-state index contributed by atoms with van der Waals surface area (Å²) in [6.45, 7) is 4.56. The number of aromatic amines is 1. The van der Waals surface area contributed by atoms with Crippen molar-refractivity contribution in [1.29, 1.82) is 0 Å². The van der Waals surface area contributed by atoms with E-state index in [0.717, 1.165) is 23.8 Å². The van der Waals surface area contributed by atoms with Crippen LogP contribution in [0, 0.1) is 0 Å². The van der Waals surface area contributed by atoms with Gasteiger partial charge in [-0.3, -0.25) is 14.2 Å². The van der Waals surface area contributed by atoms with Gasteiger partial charge in [0.05, 0.1) is 17.0 Å². The number of nitrogens with two attached hydrogens (primary N) is 1. The van der Waals surface area contributed by atoms with E-state index < -0.39 is 5.69 Å². The van der Waals surface area contributed by atoms with Gasteiger partial charge >= 0.3 is 5.69 Å². The van der Waals surface area contributed by atoms with Crippen LogP contribution >= 0.6 is 12.4 Å². The molecule has 3 rings (SSSR count). The fraction of sp³-hybridized carbons (Fsp3) is 0.526. The van der Waals surface area contributed by atoms with Crippen LogP contribution in [0.2, 0.25) is 0 Å². The summed E-state index contributed by atoms with van der Waals surface area (Å²) in [7, 11) is 0. The van der Waals surface area contributed by atoms with E-state index in [-0.39, 0.29) is 30.0 Å². The molecule has 0 unspecified atom stereocenters. The lowest BCUT2D eigenvalue weighted by Crippen LogP contribution is -2.41. The summed E-state index contributed by atoms with van der Waals surface area (Å²) in [4.78, 5) is 41.6. The van der Waals surface area contributed by atoms with Gasteiger partial charge in [0.25, 0.3) is 11.5 Å². The van der Waals surface area contributed by atoms with Crippen LogP contribution in [0.1, 0.15) is 36.5 Å². The third-order valence-corrected chi connectivity index (χ3v) is 4.98. The van der Waals surface area contributed by atoms with Gasteiger partial charge in [0.15, 0.2) is 0 Å². The molecule has 0 radical (unpaired) electrons. The first kappa shape index (κ1) is 22.1. The quantitative estimate of drug-likeness (QED) is 0.693. The number of nitrogens with one attached hydrogen (secondary N) is 1. The third kappa shape index (κ3) is 4.63. The molecule has 0 saturated carbocycles. The van der Waals surface area contributed by atoms with E-state index in [0.29, 0.717) is 49.3 Å². The molecule has 1 saturated heterocycles. The Morgan fingerprint density at radius 3 is 2.64 bits per heavy atom. The predicted molar refractivity (Wildman–Crippen MR) is 110 cm³/mol. The number of rotatable bonds is 6. The van der Waals surface area contributed by atoms with Crippen LogP contribution in [0.25, 0.3) is 10.9 Å². The minimum absolute atomic E-state index is 0. The molecule has 8 nitrogen and oxygen atoms in total. The van der Waals surface area contributed by atoms with Crippen LogP contribution in [0.15, 0.2) is 27.8 Å². The van der Waals surface area contributed by atoms with Crippen molar-refractivity contribution in [2.75, 3.05) is 26.2 Å². The molecule has 0 bridgehead atoms. The molecule has 0 atom stereocenters. The first-order valence-electron chi connectivity index (χ1n) is 9.43. The molecular weight excluding hydrogens is 384 g/mol. The molecule has 2 aromatic rings. The number of fused-ring (bicyclic) bond motifs is 1. The zero-order valence-corrected chi connectivity index (χ0v) is 16.8. The molecular formula is C19H27ClN4O4. The molecule has 0 aliphatic carbocycles. The Bertz CT molecular complexity index is 932. The van der Waals surface area contributed by atoms with E-state index in [9.17, 15) is 14.4 Å². The number of carbonyl (C=O) groups excluding carboxylic acids is 1. The third-order valence-electron chi connectivity index (χ3n) is 4.98. The van der Waals surface area contributed by atoms with E-state index in [1.54, 1.807) is 30.0 Å². The Labute approximate surface area is 169 Å². The Hall–Kier alpha value is -2.16. The van der Waals surface area contributed by atoms with Crippen molar-refractivity contribution in [2.45, 2.75) is 38.8 Å². The van der Waals surface area contributed by atoms with E-state index in [2.05, 4.69) is 4.98 Å². The van der Waals surface area contributed by atoms with Gasteiger partial charge in [0.2, 0.25) is 0 Å². The molecule has 1 aromatic carbocycles. The summed E-state index contributed by atoms with van der Waals surface area (Å²) in [5, 5.41) is 0.403. The highest BCUT2D eigenvalue weighted by atomic mass is 35.5. The van der Waals surface area contributed by atoms with Crippen LogP contribution < -0.4 is 17.0 Å². The molecule has 1 aliphatic heterocycles. The number of carbonyl (C=O) groups is 1. The van der Waals surface area contributed by atoms with E-state index in [1.165, 1.54) is 0 Å². The topological polar surface area (TPSA) is 110 Å². The molecule has 154 valence electrons. The number of H-pyrrole nitrogens is 1. The lowest BCUT2D eigenvalue weighted by atomic mass is 10.1. The summed E-state index contributed by atoms with van der Waals surface area (Å²) in [6.07, 6.45) is 2.60. The van der Waals surface area contributed by atoms with Gasteiger partial charge in [-0.2, -0.15) is 0 Å². The van der Waals surface area contributed by atoms with Crippen LogP contribution in [-0.2, 0) is 11.3 Å². The first-order chi connectivity index (χ1) is 13.0. The highest BCUT2D eigenvalue weighted by Crippen LogP contribution is 2.18. The maximum atomic E-state index is 12.8. The molecule has 1 amide bonds. The molecule has 1 aliphatic rings.